The maximum atomic E-state index is 5.90. The van der Waals surface area contributed by atoms with Crippen LogP contribution >= 0.6 is 0 Å². The zero-order valence-corrected chi connectivity index (χ0v) is 10.9. The highest BCUT2D eigenvalue weighted by molar-refractivity contribution is 5.24. The molecule has 0 saturated carbocycles. The molecule has 2 nitrogen and oxygen atoms in total. The van der Waals surface area contributed by atoms with E-state index in [9.17, 15) is 0 Å². The van der Waals surface area contributed by atoms with Crippen LogP contribution in [0.25, 0.3) is 0 Å². The molecule has 0 N–H and O–H groups in total. The topological polar surface area (TPSA) is 12.5 Å². The summed E-state index contributed by atoms with van der Waals surface area (Å²) in [4.78, 5) is 2.19. The molecular formula is C15H21NO. The molecular weight excluding hydrogens is 210 g/mol. The van der Waals surface area contributed by atoms with E-state index >= 15 is 0 Å². The molecule has 92 valence electrons. The van der Waals surface area contributed by atoms with Crippen molar-refractivity contribution in [2.45, 2.75) is 20.8 Å². The SMILES string of the molecule is C/C=C/C=C(\Oc1ccccc1)N(CC)CC. The Morgan fingerprint density at radius 1 is 1.18 bits per heavy atom. The summed E-state index contributed by atoms with van der Waals surface area (Å²) in [5.74, 6) is 1.76. The molecule has 0 aliphatic heterocycles. The maximum absolute atomic E-state index is 5.90. The lowest BCUT2D eigenvalue weighted by molar-refractivity contribution is 0.231. The Balaban J connectivity index is 2.84. The average Bonchev–Trinajstić information content (AvgIpc) is 2.38. The van der Waals surface area contributed by atoms with Crippen LogP contribution in [0.3, 0.4) is 0 Å². The van der Waals surface area contributed by atoms with Crippen molar-refractivity contribution < 1.29 is 4.74 Å². The van der Waals surface area contributed by atoms with Crippen molar-refractivity contribution >= 4 is 0 Å². The van der Waals surface area contributed by atoms with Crippen molar-refractivity contribution in [3.8, 4) is 5.75 Å². The first-order chi connectivity index (χ1) is 8.31. The Morgan fingerprint density at radius 2 is 1.82 bits per heavy atom. The van der Waals surface area contributed by atoms with Gasteiger partial charge in [0.15, 0.2) is 5.88 Å². The number of para-hydroxylation sites is 1. The van der Waals surface area contributed by atoms with E-state index in [4.69, 9.17) is 4.74 Å². The van der Waals surface area contributed by atoms with Crippen molar-refractivity contribution in [2.75, 3.05) is 13.1 Å². The summed E-state index contributed by atoms with van der Waals surface area (Å²) >= 11 is 0. The molecule has 0 aromatic heterocycles. The molecule has 0 atom stereocenters. The molecule has 0 bridgehead atoms. The number of benzene rings is 1. The minimum Gasteiger partial charge on any atom is -0.441 e. The minimum absolute atomic E-state index is 0.871. The zero-order chi connectivity index (χ0) is 12.5. The number of nitrogens with zero attached hydrogens (tertiary/aromatic N) is 1. The van der Waals surface area contributed by atoms with Gasteiger partial charge in [-0.05, 0) is 39.0 Å². The van der Waals surface area contributed by atoms with Crippen LogP contribution in [0, 0.1) is 0 Å². The molecule has 0 radical (unpaired) electrons. The lowest BCUT2D eigenvalue weighted by Crippen LogP contribution is -2.25. The smallest absolute Gasteiger partial charge is 0.195 e. The number of allylic oxidation sites excluding steroid dienone is 3. The normalized spacial score (nSPS) is 11.8. The predicted molar refractivity (Wildman–Crippen MR) is 72.9 cm³/mol. The standard InChI is InChI=1S/C15H21NO/c1-4-7-13-15(16(5-2)6-3)17-14-11-9-8-10-12-14/h4,7-13H,5-6H2,1-3H3/b7-4+,15-13-. The average molecular weight is 231 g/mol. The molecule has 0 spiro atoms. The summed E-state index contributed by atoms with van der Waals surface area (Å²) < 4.78 is 5.90. The molecule has 0 saturated heterocycles. The Morgan fingerprint density at radius 3 is 2.35 bits per heavy atom. The summed E-state index contributed by atoms with van der Waals surface area (Å²) in [6.45, 7) is 8.13. The van der Waals surface area contributed by atoms with E-state index < -0.39 is 0 Å². The third kappa shape index (κ3) is 4.35. The first-order valence-electron chi connectivity index (χ1n) is 6.12. The van der Waals surface area contributed by atoms with Crippen molar-refractivity contribution in [3.63, 3.8) is 0 Å². The molecule has 0 heterocycles. The van der Waals surface area contributed by atoms with Crippen molar-refractivity contribution in [3.05, 3.63) is 54.4 Å². The van der Waals surface area contributed by atoms with E-state index in [0.717, 1.165) is 24.7 Å². The van der Waals surface area contributed by atoms with Gasteiger partial charge in [0.2, 0.25) is 0 Å². The molecule has 0 aliphatic rings. The first kappa shape index (κ1) is 13.4. The van der Waals surface area contributed by atoms with Gasteiger partial charge >= 0.3 is 0 Å². The molecule has 1 aromatic carbocycles. The Kier molecular flexibility index (Phi) is 5.94. The predicted octanol–water partition coefficient (Wildman–Crippen LogP) is 3.82. The van der Waals surface area contributed by atoms with E-state index in [1.54, 1.807) is 0 Å². The summed E-state index contributed by atoms with van der Waals surface area (Å²) in [6, 6.07) is 9.87. The van der Waals surface area contributed by atoms with E-state index in [0.29, 0.717) is 0 Å². The van der Waals surface area contributed by atoms with Crippen molar-refractivity contribution in [2.24, 2.45) is 0 Å². The third-order valence-electron chi connectivity index (χ3n) is 2.47. The highest BCUT2D eigenvalue weighted by Crippen LogP contribution is 2.15. The van der Waals surface area contributed by atoms with Crippen LogP contribution in [0.5, 0.6) is 5.75 Å². The summed E-state index contributed by atoms with van der Waals surface area (Å²) in [5, 5.41) is 0. The van der Waals surface area contributed by atoms with E-state index in [1.165, 1.54) is 0 Å². The van der Waals surface area contributed by atoms with Crippen LogP contribution in [-0.4, -0.2) is 18.0 Å². The zero-order valence-electron chi connectivity index (χ0n) is 10.9. The highest BCUT2D eigenvalue weighted by atomic mass is 16.5. The van der Waals surface area contributed by atoms with Gasteiger partial charge in [0.1, 0.15) is 5.75 Å². The number of ether oxygens (including phenoxy) is 1. The van der Waals surface area contributed by atoms with Crippen LogP contribution in [0.1, 0.15) is 20.8 Å². The van der Waals surface area contributed by atoms with Crippen LogP contribution in [0.4, 0.5) is 0 Å². The number of hydrogen-bond donors (Lipinski definition) is 0. The summed E-state index contributed by atoms with van der Waals surface area (Å²) in [7, 11) is 0. The van der Waals surface area contributed by atoms with Gasteiger partial charge < -0.3 is 9.64 Å². The van der Waals surface area contributed by atoms with Crippen molar-refractivity contribution in [1.29, 1.82) is 0 Å². The van der Waals surface area contributed by atoms with Crippen LogP contribution in [0.15, 0.2) is 54.4 Å². The van der Waals surface area contributed by atoms with E-state index in [2.05, 4.69) is 18.7 Å². The number of hydrogen-bond acceptors (Lipinski definition) is 2. The van der Waals surface area contributed by atoms with Gasteiger partial charge in [0, 0.05) is 13.1 Å². The van der Waals surface area contributed by atoms with Crippen LogP contribution in [-0.2, 0) is 0 Å². The van der Waals surface area contributed by atoms with Gasteiger partial charge in [-0.2, -0.15) is 0 Å². The molecule has 0 fully saturated rings. The van der Waals surface area contributed by atoms with Gasteiger partial charge in [-0.1, -0.05) is 30.4 Å². The fourth-order valence-corrected chi connectivity index (χ4v) is 1.53. The lowest BCUT2D eigenvalue weighted by atomic mass is 10.3. The van der Waals surface area contributed by atoms with E-state index in [1.807, 2.05) is 55.5 Å². The molecule has 0 amide bonds. The van der Waals surface area contributed by atoms with Crippen molar-refractivity contribution in [1.82, 2.24) is 4.90 Å². The Hall–Kier alpha value is -1.70. The minimum atomic E-state index is 0.871. The van der Waals surface area contributed by atoms with Crippen LogP contribution < -0.4 is 4.74 Å². The second-order valence-corrected chi connectivity index (χ2v) is 3.62. The van der Waals surface area contributed by atoms with Gasteiger partial charge in [-0.15, -0.1) is 0 Å². The second-order valence-electron chi connectivity index (χ2n) is 3.62. The van der Waals surface area contributed by atoms with Crippen LogP contribution in [0.2, 0.25) is 0 Å². The lowest BCUT2D eigenvalue weighted by Gasteiger charge is -2.23. The first-order valence-corrected chi connectivity index (χ1v) is 6.12. The fourth-order valence-electron chi connectivity index (χ4n) is 1.53. The molecule has 1 aromatic rings. The number of rotatable bonds is 6. The van der Waals surface area contributed by atoms with Gasteiger partial charge in [-0.25, -0.2) is 0 Å². The summed E-state index contributed by atoms with van der Waals surface area (Å²) in [6.07, 6.45) is 5.99. The Bertz CT molecular complexity index is 364. The summed E-state index contributed by atoms with van der Waals surface area (Å²) in [5.41, 5.74) is 0. The molecule has 17 heavy (non-hydrogen) atoms. The fraction of sp³-hybridized carbons (Fsp3) is 0.333. The van der Waals surface area contributed by atoms with Gasteiger partial charge in [0.25, 0.3) is 0 Å². The highest BCUT2D eigenvalue weighted by Gasteiger charge is 2.06. The van der Waals surface area contributed by atoms with Gasteiger partial charge in [0.05, 0.1) is 0 Å². The van der Waals surface area contributed by atoms with Gasteiger partial charge in [-0.3, -0.25) is 0 Å². The molecule has 2 heteroatoms. The second kappa shape index (κ2) is 7.55. The van der Waals surface area contributed by atoms with E-state index in [-0.39, 0.29) is 0 Å². The Labute approximate surface area is 104 Å². The third-order valence-corrected chi connectivity index (χ3v) is 2.47. The molecule has 1 rings (SSSR count). The molecule has 0 aliphatic carbocycles. The monoisotopic (exact) mass is 231 g/mol. The largest absolute Gasteiger partial charge is 0.441 e. The maximum Gasteiger partial charge on any atom is 0.195 e. The quantitative estimate of drug-likeness (QED) is 0.545. The molecule has 0 unspecified atom stereocenters.